The van der Waals surface area contributed by atoms with Crippen molar-refractivity contribution in [3.05, 3.63) is 34.9 Å². The topological polar surface area (TPSA) is 18.5 Å². The number of nitrogens with one attached hydrogen (secondary N) is 1. The first-order valence-corrected chi connectivity index (χ1v) is 7.61. The second kappa shape index (κ2) is 5.80. The quantitative estimate of drug-likeness (QED) is 0.909. The third-order valence-electron chi connectivity index (χ3n) is 4.37. The Balaban J connectivity index is 1.87. The van der Waals surface area contributed by atoms with Crippen LogP contribution in [0.4, 0.5) is 0 Å². The molecule has 4 rings (SSSR count). The minimum atomic E-state index is 0.335. The highest BCUT2D eigenvalue weighted by Crippen LogP contribution is 2.31. The van der Waals surface area contributed by atoms with E-state index in [0.29, 0.717) is 12.1 Å². The van der Waals surface area contributed by atoms with Gasteiger partial charge in [0.15, 0.2) is 0 Å². The third-order valence-corrected chi connectivity index (χ3v) is 4.71. The molecular weight excluding hydrogens is 258 g/mol. The number of hydrogen-bond acceptors (Lipinski definition) is 3. The highest BCUT2D eigenvalue weighted by Gasteiger charge is 2.37. The normalized spacial score (nSPS) is 31.4. The van der Waals surface area contributed by atoms with Crippen molar-refractivity contribution in [2.24, 2.45) is 0 Å². The number of fused-ring (bicyclic) bond motifs is 3. The van der Waals surface area contributed by atoms with Gasteiger partial charge in [-0.2, -0.15) is 0 Å². The van der Waals surface area contributed by atoms with E-state index < -0.39 is 0 Å². The third kappa shape index (κ3) is 2.65. The molecule has 3 aliphatic rings. The lowest BCUT2D eigenvalue weighted by atomic mass is 9.94. The molecule has 1 aromatic rings. The van der Waals surface area contributed by atoms with Crippen LogP contribution in [-0.4, -0.2) is 55.1 Å². The van der Waals surface area contributed by atoms with Gasteiger partial charge in [0.1, 0.15) is 0 Å². The molecule has 1 N–H and O–H groups in total. The number of likely N-dealkylation sites (N-methyl/N-ethyl adjacent to an activating group) is 1. The van der Waals surface area contributed by atoms with Gasteiger partial charge in [-0.1, -0.05) is 36.7 Å². The number of benzene rings is 1. The minimum Gasteiger partial charge on any atom is -0.309 e. The lowest BCUT2D eigenvalue weighted by Gasteiger charge is -2.50. The average molecular weight is 280 g/mol. The van der Waals surface area contributed by atoms with E-state index in [1.165, 1.54) is 31.7 Å². The van der Waals surface area contributed by atoms with Crippen molar-refractivity contribution >= 4 is 11.6 Å². The van der Waals surface area contributed by atoms with E-state index in [2.05, 4.69) is 34.2 Å². The van der Waals surface area contributed by atoms with Crippen molar-refractivity contribution in [2.75, 3.05) is 39.3 Å². The van der Waals surface area contributed by atoms with Crippen molar-refractivity contribution in [1.29, 1.82) is 0 Å². The van der Waals surface area contributed by atoms with E-state index in [1.54, 1.807) is 0 Å². The summed E-state index contributed by atoms with van der Waals surface area (Å²) in [6.07, 6.45) is 0. The number of piperazine rings is 3. The Morgan fingerprint density at radius 1 is 1.26 bits per heavy atom. The molecule has 0 saturated carbocycles. The number of nitrogens with zero attached hydrogens (tertiary/aromatic N) is 2. The summed E-state index contributed by atoms with van der Waals surface area (Å²) in [5.41, 5.74) is 1.24. The van der Waals surface area contributed by atoms with Crippen LogP contribution in [0.15, 0.2) is 24.3 Å². The maximum absolute atomic E-state index is 6.40. The van der Waals surface area contributed by atoms with Crippen molar-refractivity contribution < 1.29 is 0 Å². The highest BCUT2D eigenvalue weighted by atomic mass is 35.5. The van der Waals surface area contributed by atoms with Gasteiger partial charge in [0.05, 0.1) is 6.04 Å². The Kier molecular flexibility index (Phi) is 4.08. The van der Waals surface area contributed by atoms with Crippen molar-refractivity contribution in [1.82, 2.24) is 15.1 Å². The molecule has 0 amide bonds. The van der Waals surface area contributed by atoms with Crippen molar-refractivity contribution in [3.8, 4) is 0 Å². The largest absolute Gasteiger partial charge is 0.309 e. The van der Waals surface area contributed by atoms with Crippen LogP contribution in [0.3, 0.4) is 0 Å². The van der Waals surface area contributed by atoms with Gasteiger partial charge in [-0.3, -0.25) is 9.80 Å². The van der Waals surface area contributed by atoms with Crippen LogP contribution < -0.4 is 5.32 Å². The zero-order chi connectivity index (χ0) is 13.2. The predicted octanol–water partition coefficient (Wildman–Crippen LogP) is 1.99. The molecule has 2 unspecified atom stereocenters. The molecule has 2 bridgehead atoms. The van der Waals surface area contributed by atoms with Crippen LogP contribution >= 0.6 is 11.6 Å². The Labute approximate surface area is 120 Å². The summed E-state index contributed by atoms with van der Waals surface area (Å²) in [6.45, 7) is 9.12. The van der Waals surface area contributed by atoms with Gasteiger partial charge in [0.2, 0.25) is 0 Å². The summed E-state index contributed by atoms with van der Waals surface area (Å²) in [7, 11) is 0. The molecule has 3 heterocycles. The standard InChI is InChI=1S/C15H22ClN3/c1-2-17-15(12-5-3-4-6-13(12)16)14-11-18-7-9-19(14)10-8-18/h3-6,14-15,17H,2,7-11H2,1H3. The molecule has 3 saturated heterocycles. The second-order valence-electron chi connectivity index (χ2n) is 5.46. The van der Waals surface area contributed by atoms with E-state index in [-0.39, 0.29) is 0 Å². The van der Waals surface area contributed by atoms with Gasteiger partial charge in [-0.15, -0.1) is 0 Å². The van der Waals surface area contributed by atoms with Gasteiger partial charge in [-0.05, 0) is 18.2 Å². The molecule has 19 heavy (non-hydrogen) atoms. The Bertz CT molecular complexity index is 429. The molecule has 0 radical (unpaired) electrons. The molecule has 3 fully saturated rings. The summed E-state index contributed by atoms with van der Waals surface area (Å²) in [6, 6.07) is 9.13. The van der Waals surface area contributed by atoms with Crippen LogP contribution in [0, 0.1) is 0 Å². The fourth-order valence-electron chi connectivity index (χ4n) is 3.37. The highest BCUT2D eigenvalue weighted by molar-refractivity contribution is 6.31. The SMILES string of the molecule is CCNC(c1ccccc1Cl)C1CN2CCN1CC2. The molecule has 3 nitrogen and oxygen atoms in total. The van der Waals surface area contributed by atoms with Gasteiger partial charge >= 0.3 is 0 Å². The summed E-state index contributed by atoms with van der Waals surface area (Å²) in [5.74, 6) is 0. The Hall–Kier alpha value is -0.610. The van der Waals surface area contributed by atoms with Crippen LogP contribution in [0.5, 0.6) is 0 Å². The van der Waals surface area contributed by atoms with Crippen molar-refractivity contribution in [2.45, 2.75) is 19.0 Å². The lowest BCUT2D eigenvalue weighted by molar-refractivity contribution is -0.00341. The lowest BCUT2D eigenvalue weighted by Crippen LogP contribution is -2.64. The maximum Gasteiger partial charge on any atom is 0.0505 e. The van der Waals surface area contributed by atoms with Crippen LogP contribution in [-0.2, 0) is 0 Å². The second-order valence-corrected chi connectivity index (χ2v) is 5.87. The molecule has 0 aromatic heterocycles. The van der Waals surface area contributed by atoms with E-state index >= 15 is 0 Å². The van der Waals surface area contributed by atoms with E-state index in [1.807, 2.05) is 12.1 Å². The minimum absolute atomic E-state index is 0.335. The molecular formula is C15H22ClN3. The van der Waals surface area contributed by atoms with Gasteiger partial charge < -0.3 is 5.32 Å². The predicted molar refractivity (Wildman–Crippen MR) is 79.7 cm³/mol. The molecule has 0 aliphatic carbocycles. The average Bonchev–Trinajstić information content (AvgIpc) is 2.47. The number of halogens is 1. The van der Waals surface area contributed by atoms with E-state index in [9.17, 15) is 0 Å². The summed E-state index contributed by atoms with van der Waals surface area (Å²) >= 11 is 6.40. The zero-order valence-corrected chi connectivity index (χ0v) is 12.2. The zero-order valence-electron chi connectivity index (χ0n) is 11.5. The van der Waals surface area contributed by atoms with E-state index in [4.69, 9.17) is 11.6 Å². The number of rotatable bonds is 4. The van der Waals surface area contributed by atoms with Crippen LogP contribution in [0.1, 0.15) is 18.5 Å². The first-order chi connectivity index (χ1) is 9.29. The molecule has 4 heteroatoms. The molecule has 0 spiro atoms. The summed E-state index contributed by atoms with van der Waals surface area (Å²) in [4.78, 5) is 5.20. The molecule has 1 aromatic carbocycles. The summed E-state index contributed by atoms with van der Waals surface area (Å²) in [5, 5.41) is 4.52. The van der Waals surface area contributed by atoms with Crippen LogP contribution in [0.25, 0.3) is 0 Å². The van der Waals surface area contributed by atoms with Gasteiger partial charge in [0.25, 0.3) is 0 Å². The molecule has 2 atom stereocenters. The first-order valence-electron chi connectivity index (χ1n) is 7.24. The molecule has 104 valence electrons. The van der Waals surface area contributed by atoms with E-state index in [0.717, 1.165) is 18.1 Å². The van der Waals surface area contributed by atoms with Gasteiger partial charge in [0, 0.05) is 43.8 Å². The summed E-state index contributed by atoms with van der Waals surface area (Å²) < 4.78 is 0. The fourth-order valence-corrected chi connectivity index (χ4v) is 3.63. The molecule has 3 aliphatic heterocycles. The number of hydrogen-bond donors (Lipinski definition) is 1. The smallest absolute Gasteiger partial charge is 0.0505 e. The Morgan fingerprint density at radius 3 is 2.58 bits per heavy atom. The first kappa shape index (κ1) is 13.4. The monoisotopic (exact) mass is 279 g/mol. The van der Waals surface area contributed by atoms with Crippen LogP contribution in [0.2, 0.25) is 5.02 Å². The maximum atomic E-state index is 6.40. The Morgan fingerprint density at radius 2 is 2.00 bits per heavy atom. The van der Waals surface area contributed by atoms with Gasteiger partial charge in [-0.25, -0.2) is 0 Å². The van der Waals surface area contributed by atoms with Crippen molar-refractivity contribution in [3.63, 3.8) is 0 Å². The fraction of sp³-hybridized carbons (Fsp3) is 0.600.